The average molecular weight is 200 g/mol. The van der Waals surface area contributed by atoms with Gasteiger partial charge in [-0.3, -0.25) is 4.79 Å². The fourth-order valence-electron chi connectivity index (χ4n) is 1.68. The molecule has 0 aromatic heterocycles. The molecule has 0 bridgehead atoms. The van der Waals surface area contributed by atoms with Crippen LogP contribution in [-0.4, -0.2) is 12.6 Å². The Kier molecular flexibility index (Phi) is 5.82. The van der Waals surface area contributed by atoms with E-state index in [2.05, 4.69) is 27.7 Å². The Morgan fingerprint density at radius 2 is 1.93 bits per heavy atom. The van der Waals surface area contributed by atoms with Crippen LogP contribution in [0.25, 0.3) is 0 Å². The number of rotatable bonds is 5. The number of ether oxygens (including phenoxy) is 1. The van der Waals surface area contributed by atoms with Crippen molar-refractivity contribution in [1.29, 1.82) is 0 Å². The van der Waals surface area contributed by atoms with Crippen LogP contribution in [0, 0.1) is 11.3 Å². The van der Waals surface area contributed by atoms with Gasteiger partial charge < -0.3 is 4.74 Å². The SMILES string of the molecule is CCCOC(=O)CC(C)CC(C)(C)C. The van der Waals surface area contributed by atoms with Gasteiger partial charge in [-0.05, 0) is 24.2 Å². The lowest BCUT2D eigenvalue weighted by molar-refractivity contribution is -0.144. The molecule has 0 aromatic carbocycles. The van der Waals surface area contributed by atoms with Crippen molar-refractivity contribution in [1.82, 2.24) is 0 Å². The van der Waals surface area contributed by atoms with Gasteiger partial charge >= 0.3 is 5.97 Å². The van der Waals surface area contributed by atoms with Crippen molar-refractivity contribution < 1.29 is 9.53 Å². The lowest BCUT2D eigenvalue weighted by atomic mass is 9.84. The predicted molar refractivity (Wildman–Crippen MR) is 59.1 cm³/mol. The predicted octanol–water partition coefficient (Wildman–Crippen LogP) is 3.40. The number of carbonyl (C=O) groups excluding carboxylic acids is 1. The van der Waals surface area contributed by atoms with Gasteiger partial charge in [0.05, 0.1) is 6.61 Å². The monoisotopic (exact) mass is 200 g/mol. The fourth-order valence-corrected chi connectivity index (χ4v) is 1.68. The first-order valence-electron chi connectivity index (χ1n) is 5.50. The second kappa shape index (κ2) is 6.05. The molecule has 0 saturated heterocycles. The Labute approximate surface area is 88.0 Å². The van der Waals surface area contributed by atoms with Crippen molar-refractivity contribution in [3.05, 3.63) is 0 Å². The van der Waals surface area contributed by atoms with Gasteiger partial charge in [-0.2, -0.15) is 0 Å². The van der Waals surface area contributed by atoms with Crippen LogP contribution < -0.4 is 0 Å². The first kappa shape index (κ1) is 13.5. The molecule has 1 atom stereocenters. The van der Waals surface area contributed by atoms with Crippen molar-refractivity contribution in [3.63, 3.8) is 0 Å². The Bertz CT molecular complexity index is 168. The second-order valence-corrected chi connectivity index (χ2v) is 5.29. The molecule has 0 rings (SSSR count). The third kappa shape index (κ3) is 8.09. The molecule has 0 heterocycles. The number of carbonyl (C=O) groups is 1. The Morgan fingerprint density at radius 3 is 2.36 bits per heavy atom. The molecule has 0 aliphatic carbocycles. The highest BCUT2D eigenvalue weighted by Crippen LogP contribution is 2.25. The number of esters is 1. The lowest BCUT2D eigenvalue weighted by Crippen LogP contribution is -2.16. The first-order valence-corrected chi connectivity index (χ1v) is 5.50. The molecule has 2 heteroatoms. The fraction of sp³-hybridized carbons (Fsp3) is 0.917. The summed E-state index contributed by atoms with van der Waals surface area (Å²) >= 11 is 0. The van der Waals surface area contributed by atoms with Gasteiger partial charge in [0.15, 0.2) is 0 Å². The van der Waals surface area contributed by atoms with E-state index in [0.717, 1.165) is 12.8 Å². The van der Waals surface area contributed by atoms with Gasteiger partial charge in [-0.25, -0.2) is 0 Å². The van der Waals surface area contributed by atoms with Crippen molar-refractivity contribution in [2.75, 3.05) is 6.61 Å². The van der Waals surface area contributed by atoms with Crippen LogP contribution in [-0.2, 0) is 9.53 Å². The van der Waals surface area contributed by atoms with Crippen LogP contribution in [0.15, 0.2) is 0 Å². The van der Waals surface area contributed by atoms with Gasteiger partial charge in [0, 0.05) is 6.42 Å². The number of hydrogen-bond acceptors (Lipinski definition) is 2. The Morgan fingerprint density at radius 1 is 1.36 bits per heavy atom. The summed E-state index contributed by atoms with van der Waals surface area (Å²) in [4.78, 5) is 11.3. The Balaban J connectivity index is 3.71. The van der Waals surface area contributed by atoms with E-state index in [1.165, 1.54) is 0 Å². The number of hydrogen-bond donors (Lipinski definition) is 0. The second-order valence-electron chi connectivity index (χ2n) is 5.29. The zero-order chi connectivity index (χ0) is 11.2. The highest BCUT2D eigenvalue weighted by Gasteiger charge is 2.18. The summed E-state index contributed by atoms with van der Waals surface area (Å²) in [5.41, 5.74) is 0.296. The van der Waals surface area contributed by atoms with Crippen molar-refractivity contribution >= 4 is 5.97 Å². The normalized spacial score (nSPS) is 13.8. The third-order valence-corrected chi connectivity index (χ3v) is 1.94. The molecular weight excluding hydrogens is 176 g/mol. The van der Waals surface area contributed by atoms with Crippen molar-refractivity contribution in [2.45, 2.75) is 53.9 Å². The van der Waals surface area contributed by atoms with Gasteiger partial charge in [-0.15, -0.1) is 0 Å². The molecule has 0 aliphatic rings. The molecule has 0 fully saturated rings. The van der Waals surface area contributed by atoms with Crippen molar-refractivity contribution in [2.24, 2.45) is 11.3 Å². The standard InChI is InChI=1S/C12H24O2/c1-6-7-14-11(13)8-10(2)9-12(3,4)5/h10H,6-9H2,1-5H3. The van der Waals surface area contributed by atoms with E-state index in [1.807, 2.05) is 6.92 Å². The summed E-state index contributed by atoms with van der Waals surface area (Å²) in [6.07, 6.45) is 2.52. The summed E-state index contributed by atoms with van der Waals surface area (Å²) in [7, 11) is 0. The van der Waals surface area contributed by atoms with Crippen molar-refractivity contribution in [3.8, 4) is 0 Å². The van der Waals surface area contributed by atoms with Gasteiger partial charge in [0.1, 0.15) is 0 Å². The van der Waals surface area contributed by atoms with Crippen LogP contribution in [0.4, 0.5) is 0 Å². The molecule has 14 heavy (non-hydrogen) atoms. The quantitative estimate of drug-likeness (QED) is 0.636. The maximum atomic E-state index is 11.3. The zero-order valence-electron chi connectivity index (χ0n) is 10.2. The zero-order valence-corrected chi connectivity index (χ0v) is 10.2. The van der Waals surface area contributed by atoms with Crippen LogP contribution in [0.3, 0.4) is 0 Å². The van der Waals surface area contributed by atoms with E-state index in [0.29, 0.717) is 24.4 Å². The largest absolute Gasteiger partial charge is 0.466 e. The molecule has 0 spiro atoms. The van der Waals surface area contributed by atoms with E-state index in [4.69, 9.17) is 4.74 Å². The van der Waals surface area contributed by atoms with Crippen LogP contribution in [0.2, 0.25) is 0 Å². The molecule has 2 nitrogen and oxygen atoms in total. The van der Waals surface area contributed by atoms with Crippen LogP contribution in [0.5, 0.6) is 0 Å². The van der Waals surface area contributed by atoms with Crippen LogP contribution >= 0.6 is 0 Å². The minimum atomic E-state index is -0.0522. The lowest BCUT2D eigenvalue weighted by Gasteiger charge is -2.22. The minimum Gasteiger partial charge on any atom is -0.466 e. The molecular formula is C12H24O2. The average Bonchev–Trinajstić information content (AvgIpc) is 1.96. The molecule has 84 valence electrons. The maximum absolute atomic E-state index is 11.3. The molecule has 0 aliphatic heterocycles. The molecule has 0 amide bonds. The molecule has 1 unspecified atom stereocenters. The summed E-state index contributed by atoms with van der Waals surface area (Å²) in [5.74, 6) is 0.364. The maximum Gasteiger partial charge on any atom is 0.306 e. The van der Waals surface area contributed by atoms with Gasteiger partial charge in [-0.1, -0.05) is 34.6 Å². The molecule has 0 aromatic rings. The van der Waals surface area contributed by atoms with Crippen LogP contribution in [0.1, 0.15) is 53.9 Å². The van der Waals surface area contributed by atoms with E-state index < -0.39 is 0 Å². The van der Waals surface area contributed by atoms with E-state index in [1.54, 1.807) is 0 Å². The molecule has 0 saturated carbocycles. The summed E-state index contributed by atoms with van der Waals surface area (Å²) in [5, 5.41) is 0. The summed E-state index contributed by atoms with van der Waals surface area (Å²) in [6, 6.07) is 0. The van der Waals surface area contributed by atoms with Gasteiger partial charge in [0.2, 0.25) is 0 Å². The third-order valence-electron chi connectivity index (χ3n) is 1.94. The van der Waals surface area contributed by atoms with E-state index in [9.17, 15) is 4.79 Å². The van der Waals surface area contributed by atoms with E-state index >= 15 is 0 Å². The molecule has 0 radical (unpaired) electrons. The Hall–Kier alpha value is -0.530. The van der Waals surface area contributed by atoms with E-state index in [-0.39, 0.29) is 5.97 Å². The van der Waals surface area contributed by atoms with Gasteiger partial charge in [0.25, 0.3) is 0 Å². The highest BCUT2D eigenvalue weighted by atomic mass is 16.5. The molecule has 0 N–H and O–H groups in total. The first-order chi connectivity index (χ1) is 6.35. The highest BCUT2D eigenvalue weighted by molar-refractivity contribution is 5.69. The summed E-state index contributed by atoms with van der Waals surface area (Å²) in [6.45, 7) is 11.3. The minimum absolute atomic E-state index is 0.0522. The summed E-state index contributed by atoms with van der Waals surface area (Å²) < 4.78 is 5.04. The topological polar surface area (TPSA) is 26.3 Å². The smallest absolute Gasteiger partial charge is 0.306 e.